The van der Waals surface area contributed by atoms with Crippen molar-refractivity contribution in [2.24, 2.45) is 0 Å². The van der Waals surface area contributed by atoms with Gasteiger partial charge in [0.1, 0.15) is 5.52 Å². The van der Waals surface area contributed by atoms with Crippen LogP contribution in [0.3, 0.4) is 0 Å². The Bertz CT molecular complexity index is 568. The molecule has 0 aliphatic heterocycles. The number of rotatable bonds is 7. The number of hydrogen-bond donors (Lipinski definition) is 2. The number of fused-ring (bicyclic) bond motifs is 1. The minimum absolute atomic E-state index is 0.0213. The molecule has 2 rings (SSSR count). The van der Waals surface area contributed by atoms with Crippen molar-refractivity contribution >= 4 is 22.8 Å². The smallest absolute Gasteiger partial charge is 0.295 e. The highest BCUT2D eigenvalue weighted by molar-refractivity contribution is 5.77. The molecule has 0 aliphatic carbocycles. The first-order valence-corrected chi connectivity index (χ1v) is 5.68. The molecule has 0 unspecified atom stereocenters. The van der Waals surface area contributed by atoms with Gasteiger partial charge < -0.3 is 19.6 Å². The summed E-state index contributed by atoms with van der Waals surface area (Å²) in [5.74, 6) is 0. The Morgan fingerprint density at radius 3 is 3.05 bits per heavy atom. The molecular formula is C11H13N3O5. The average Bonchev–Trinajstić information content (AvgIpc) is 2.80. The highest BCUT2D eigenvalue weighted by atomic mass is 16.6. The van der Waals surface area contributed by atoms with Gasteiger partial charge in [0, 0.05) is 12.6 Å². The number of nitro benzene ring substituents is 1. The molecule has 2 aromatic rings. The number of hydrogen-bond acceptors (Lipinski definition) is 7. The first-order valence-electron chi connectivity index (χ1n) is 5.68. The molecule has 8 nitrogen and oxygen atoms in total. The largest absolute Gasteiger partial charge is 0.423 e. The van der Waals surface area contributed by atoms with E-state index in [1.54, 1.807) is 0 Å². The fraction of sp³-hybridized carbons (Fsp3) is 0.364. The summed E-state index contributed by atoms with van der Waals surface area (Å²) < 4.78 is 10.4. The van der Waals surface area contributed by atoms with Gasteiger partial charge in [-0.3, -0.25) is 10.1 Å². The maximum absolute atomic E-state index is 10.6. The van der Waals surface area contributed by atoms with E-state index in [4.69, 9.17) is 14.3 Å². The summed E-state index contributed by atoms with van der Waals surface area (Å²) in [6.45, 7) is 1.13. The van der Waals surface area contributed by atoms with Crippen molar-refractivity contribution in [2.75, 3.05) is 31.7 Å². The van der Waals surface area contributed by atoms with Crippen molar-refractivity contribution in [3.63, 3.8) is 0 Å². The van der Waals surface area contributed by atoms with Crippen molar-refractivity contribution in [3.8, 4) is 0 Å². The van der Waals surface area contributed by atoms with E-state index in [1.165, 1.54) is 18.2 Å². The summed E-state index contributed by atoms with van der Waals surface area (Å²) in [6.07, 6.45) is 0. The van der Waals surface area contributed by atoms with Crippen LogP contribution in [0.1, 0.15) is 0 Å². The molecule has 0 fully saturated rings. The Balaban J connectivity index is 1.99. The second-order valence-corrected chi connectivity index (χ2v) is 3.69. The molecule has 0 saturated heterocycles. The molecule has 0 saturated carbocycles. The number of non-ortho nitro benzene ring substituents is 1. The molecule has 1 heterocycles. The third kappa shape index (κ3) is 3.39. The highest BCUT2D eigenvalue weighted by Crippen LogP contribution is 2.23. The summed E-state index contributed by atoms with van der Waals surface area (Å²) >= 11 is 0. The second-order valence-electron chi connectivity index (χ2n) is 3.69. The maximum Gasteiger partial charge on any atom is 0.295 e. The monoisotopic (exact) mass is 267 g/mol. The molecule has 0 atom stereocenters. The van der Waals surface area contributed by atoms with E-state index >= 15 is 0 Å². The fourth-order valence-electron chi connectivity index (χ4n) is 1.50. The number of nitrogens with zero attached hydrogens (tertiary/aromatic N) is 2. The third-order valence-corrected chi connectivity index (χ3v) is 2.34. The Hall–Kier alpha value is -2.19. The third-order valence-electron chi connectivity index (χ3n) is 2.34. The molecule has 2 N–H and O–H groups in total. The van der Waals surface area contributed by atoms with E-state index in [9.17, 15) is 10.1 Å². The van der Waals surface area contributed by atoms with Gasteiger partial charge in [-0.2, -0.15) is 4.98 Å². The van der Waals surface area contributed by atoms with Crippen molar-refractivity contribution < 1.29 is 19.2 Å². The van der Waals surface area contributed by atoms with Gasteiger partial charge in [0.05, 0.1) is 30.8 Å². The van der Waals surface area contributed by atoms with E-state index in [2.05, 4.69) is 10.3 Å². The molecule has 0 bridgehead atoms. The number of anilines is 1. The Morgan fingerprint density at radius 1 is 1.47 bits per heavy atom. The van der Waals surface area contributed by atoms with E-state index in [-0.39, 0.29) is 24.9 Å². The van der Waals surface area contributed by atoms with Crippen LogP contribution < -0.4 is 5.32 Å². The number of aliphatic hydroxyl groups excluding tert-OH is 1. The van der Waals surface area contributed by atoms with Gasteiger partial charge in [0.2, 0.25) is 0 Å². The zero-order chi connectivity index (χ0) is 13.7. The van der Waals surface area contributed by atoms with Crippen LogP contribution in [-0.4, -0.2) is 41.4 Å². The quantitative estimate of drug-likeness (QED) is 0.440. The standard InChI is InChI=1S/C11H13N3O5/c15-4-6-18-5-3-12-11-13-9-2-1-8(14(16)17)7-10(9)19-11/h1-2,7,15H,3-6H2,(H,12,13). The molecule has 0 amide bonds. The summed E-state index contributed by atoms with van der Waals surface area (Å²) in [5, 5.41) is 22.0. The van der Waals surface area contributed by atoms with Crippen LogP contribution in [-0.2, 0) is 4.74 Å². The predicted molar refractivity (Wildman–Crippen MR) is 67.1 cm³/mol. The summed E-state index contributed by atoms with van der Waals surface area (Å²) in [6, 6.07) is 4.52. The van der Waals surface area contributed by atoms with Gasteiger partial charge in [-0.25, -0.2) is 0 Å². The van der Waals surface area contributed by atoms with Crippen LogP contribution in [0.15, 0.2) is 22.6 Å². The zero-order valence-corrected chi connectivity index (χ0v) is 10.0. The van der Waals surface area contributed by atoms with Crippen LogP contribution in [0.2, 0.25) is 0 Å². The number of aromatic nitrogens is 1. The number of nitro groups is 1. The van der Waals surface area contributed by atoms with Crippen molar-refractivity contribution in [1.29, 1.82) is 0 Å². The van der Waals surface area contributed by atoms with Crippen LogP contribution in [0.4, 0.5) is 11.7 Å². The molecule has 0 radical (unpaired) electrons. The predicted octanol–water partition coefficient (Wildman–Crippen LogP) is 1.16. The van der Waals surface area contributed by atoms with Gasteiger partial charge in [-0.05, 0) is 6.07 Å². The molecule has 0 aliphatic rings. The second kappa shape index (κ2) is 6.12. The summed E-state index contributed by atoms with van der Waals surface area (Å²) in [7, 11) is 0. The highest BCUT2D eigenvalue weighted by Gasteiger charge is 2.11. The topological polar surface area (TPSA) is 111 Å². The van der Waals surface area contributed by atoms with Gasteiger partial charge >= 0.3 is 0 Å². The van der Waals surface area contributed by atoms with Crippen molar-refractivity contribution in [1.82, 2.24) is 4.98 Å². The minimum Gasteiger partial charge on any atom is -0.423 e. The summed E-state index contributed by atoms with van der Waals surface area (Å²) in [5.41, 5.74) is 0.860. The number of benzene rings is 1. The van der Waals surface area contributed by atoms with Crippen LogP contribution in [0, 0.1) is 10.1 Å². The number of nitrogens with one attached hydrogen (secondary N) is 1. The zero-order valence-electron chi connectivity index (χ0n) is 10.0. The normalized spacial score (nSPS) is 10.8. The van der Waals surface area contributed by atoms with E-state index in [1.807, 2.05) is 0 Å². The lowest BCUT2D eigenvalue weighted by molar-refractivity contribution is -0.384. The summed E-state index contributed by atoms with van der Waals surface area (Å²) in [4.78, 5) is 14.3. The first-order chi connectivity index (χ1) is 9.20. The molecule has 1 aromatic heterocycles. The SMILES string of the molecule is O=[N+]([O-])c1ccc2nc(NCCOCCO)oc2c1. The molecule has 0 spiro atoms. The van der Waals surface area contributed by atoms with E-state index in [0.29, 0.717) is 24.3 Å². The maximum atomic E-state index is 10.6. The molecule has 19 heavy (non-hydrogen) atoms. The Kier molecular flexibility index (Phi) is 4.26. The van der Waals surface area contributed by atoms with Crippen molar-refractivity contribution in [2.45, 2.75) is 0 Å². The lowest BCUT2D eigenvalue weighted by Crippen LogP contribution is -2.11. The molecular weight excluding hydrogens is 254 g/mol. The van der Waals surface area contributed by atoms with Crippen LogP contribution >= 0.6 is 0 Å². The van der Waals surface area contributed by atoms with E-state index in [0.717, 1.165) is 0 Å². The molecule has 8 heteroatoms. The average molecular weight is 267 g/mol. The first kappa shape index (κ1) is 13.2. The minimum atomic E-state index is -0.488. The number of ether oxygens (including phenoxy) is 1. The van der Waals surface area contributed by atoms with Gasteiger partial charge in [0.15, 0.2) is 5.58 Å². The van der Waals surface area contributed by atoms with Crippen molar-refractivity contribution in [3.05, 3.63) is 28.3 Å². The van der Waals surface area contributed by atoms with Gasteiger partial charge in [-0.1, -0.05) is 0 Å². The van der Waals surface area contributed by atoms with Crippen LogP contribution in [0.25, 0.3) is 11.1 Å². The number of aliphatic hydroxyl groups is 1. The van der Waals surface area contributed by atoms with E-state index < -0.39 is 4.92 Å². The fourth-order valence-corrected chi connectivity index (χ4v) is 1.50. The van der Waals surface area contributed by atoms with Gasteiger partial charge in [0.25, 0.3) is 11.7 Å². The lowest BCUT2D eigenvalue weighted by Gasteiger charge is -2.01. The Labute approximate surface area is 108 Å². The molecule has 1 aromatic carbocycles. The van der Waals surface area contributed by atoms with Crippen LogP contribution in [0.5, 0.6) is 0 Å². The lowest BCUT2D eigenvalue weighted by atomic mass is 10.3. The number of oxazole rings is 1. The van der Waals surface area contributed by atoms with Gasteiger partial charge in [-0.15, -0.1) is 0 Å². The molecule has 102 valence electrons. The Morgan fingerprint density at radius 2 is 2.32 bits per heavy atom.